The molecule has 0 spiro atoms. The Labute approximate surface area is 214 Å². The van der Waals surface area contributed by atoms with Crippen LogP contribution in [0.2, 0.25) is 0 Å². The lowest BCUT2D eigenvalue weighted by molar-refractivity contribution is -0.137. The maximum atomic E-state index is 13.8. The summed E-state index contributed by atoms with van der Waals surface area (Å²) in [6, 6.07) is 9.28. The van der Waals surface area contributed by atoms with Crippen LogP contribution in [0.25, 0.3) is 11.4 Å². The topological polar surface area (TPSA) is 92.7 Å². The van der Waals surface area contributed by atoms with E-state index in [0.717, 1.165) is 12.0 Å². The molecule has 194 valence electrons. The number of hydrogen-bond acceptors (Lipinski definition) is 6. The summed E-state index contributed by atoms with van der Waals surface area (Å²) in [4.78, 5) is 52.5. The van der Waals surface area contributed by atoms with Gasteiger partial charge in [-0.15, -0.1) is 0 Å². The minimum absolute atomic E-state index is 0.0624. The lowest BCUT2D eigenvalue weighted by Gasteiger charge is -2.40. The van der Waals surface area contributed by atoms with E-state index in [2.05, 4.69) is 9.97 Å². The molecule has 1 aromatic carbocycles. The van der Waals surface area contributed by atoms with Crippen LogP contribution in [0.4, 0.5) is 0 Å². The molecular weight excluding hydrogens is 456 g/mol. The van der Waals surface area contributed by atoms with Crippen LogP contribution in [0.15, 0.2) is 30.3 Å². The standard InChI is InChI=1S/C28H38N4O4/c1-7-12-21-23(27(35)36-8-2)24(30-25(29-21)20-13-10-9-11-14-20)26(34)31-15-16-32(19(3)18-31)22(33)17-28(4,5)6/h9-11,13-14,19H,7-8,12,15-18H2,1-6H3. The van der Waals surface area contributed by atoms with Gasteiger partial charge in [0, 0.05) is 37.7 Å². The largest absolute Gasteiger partial charge is 0.462 e. The molecule has 0 N–H and O–H groups in total. The van der Waals surface area contributed by atoms with Crippen molar-refractivity contribution in [3.63, 3.8) is 0 Å². The van der Waals surface area contributed by atoms with Gasteiger partial charge in [0.25, 0.3) is 5.91 Å². The highest BCUT2D eigenvalue weighted by atomic mass is 16.5. The van der Waals surface area contributed by atoms with Gasteiger partial charge in [0.2, 0.25) is 5.91 Å². The summed E-state index contributed by atoms with van der Waals surface area (Å²) >= 11 is 0. The molecule has 36 heavy (non-hydrogen) atoms. The van der Waals surface area contributed by atoms with Gasteiger partial charge >= 0.3 is 5.97 Å². The van der Waals surface area contributed by atoms with Gasteiger partial charge in [0.05, 0.1) is 12.3 Å². The summed E-state index contributed by atoms with van der Waals surface area (Å²) in [5.41, 5.74) is 1.38. The fourth-order valence-corrected chi connectivity index (χ4v) is 4.43. The summed E-state index contributed by atoms with van der Waals surface area (Å²) in [5, 5.41) is 0. The number of rotatable bonds is 7. The van der Waals surface area contributed by atoms with Crippen LogP contribution in [0, 0.1) is 5.41 Å². The van der Waals surface area contributed by atoms with E-state index in [1.807, 2.05) is 69.9 Å². The van der Waals surface area contributed by atoms with Crippen LogP contribution in [0.1, 0.15) is 80.9 Å². The minimum Gasteiger partial charge on any atom is -0.462 e. The number of carbonyl (C=O) groups excluding carboxylic acids is 3. The molecule has 1 aliphatic heterocycles. The summed E-state index contributed by atoms with van der Waals surface area (Å²) in [6.07, 6.45) is 1.71. The molecule has 0 radical (unpaired) electrons. The highest BCUT2D eigenvalue weighted by Gasteiger charge is 2.35. The van der Waals surface area contributed by atoms with Gasteiger partial charge < -0.3 is 14.5 Å². The number of hydrogen-bond donors (Lipinski definition) is 0. The van der Waals surface area contributed by atoms with E-state index in [-0.39, 0.29) is 41.1 Å². The fraction of sp³-hybridized carbons (Fsp3) is 0.536. The molecule has 2 aromatic rings. The predicted octanol–water partition coefficient (Wildman–Crippen LogP) is 4.38. The molecule has 1 unspecified atom stereocenters. The number of nitrogens with zero attached hydrogens (tertiary/aromatic N) is 4. The maximum Gasteiger partial charge on any atom is 0.342 e. The minimum atomic E-state index is -0.587. The van der Waals surface area contributed by atoms with Crippen molar-refractivity contribution in [1.29, 1.82) is 0 Å². The summed E-state index contributed by atoms with van der Waals surface area (Å²) in [7, 11) is 0. The van der Waals surface area contributed by atoms with Gasteiger partial charge in [-0.3, -0.25) is 9.59 Å². The molecule has 8 nitrogen and oxygen atoms in total. The fourth-order valence-electron chi connectivity index (χ4n) is 4.43. The molecule has 1 saturated heterocycles. The van der Waals surface area contributed by atoms with Crippen molar-refractivity contribution in [3.8, 4) is 11.4 Å². The number of esters is 1. The number of piperazine rings is 1. The Kier molecular flexibility index (Phi) is 8.82. The van der Waals surface area contributed by atoms with E-state index >= 15 is 0 Å². The SMILES string of the molecule is CCCc1nc(-c2ccccc2)nc(C(=O)N2CCN(C(=O)CC(C)(C)C)C(C)C2)c1C(=O)OCC. The Hall–Kier alpha value is -3.29. The molecule has 1 fully saturated rings. The highest BCUT2D eigenvalue weighted by molar-refractivity contribution is 6.05. The first-order chi connectivity index (χ1) is 17.1. The van der Waals surface area contributed by atoms with E-state index in [0.29, 0.717) is 44.0 Å². The van der Waals surface area contributed by atoms with Crippen molar-refractivity contribution in [1.82, 2.24) is 19.8 Å². The van der Waals surface area contributed by atoms with E-state index in [1.165, 1.54) is 0 Å². The van der Waals surface area contributed by atoms with Gasteiger partial charge in [0.15, 0.2) is 5.82 Å². The van der Waals surface area contributed by atoms with Crippen LogP contribution >= 0.6 is 0 Å². The summed E-state index contributed by atoms with van der Waals surface area (Å²) < 4.78 is 5.31. The summed E-state index contributed by atoms with van der Waals surface area (Å²) in [5.74, 6) is -0.434. The highest BCUT2D eigenvalue weighted by Crippen LogP contribution is 2.25. The molecule has 3 rings (SSSR count). The lowest BCUT2D eigenvalue weighted by Crippen LogP contribution is -2.56. The van der Waals surface area contributed by atoms with Crippen molar-refractivity contribution < 1.29 is 19.1 Å². The van der Waals surface area contributed by atoms with E-state index in [4.69, 9.17) is 4.74 Å². The van der Waals surface area contributed by atoms with Crippen LogP contribution < -0.4 is 0 Å². The van der Waals surface area contributed by atoms with Crippen LogP contribution in [0.5, 0.6) is 0 Å². The quantitative estimate of drug-likeness (QED) is 0.531. The molecular formula is C28H38N4O4. The van der Waals surface area contributed by atoms with Crippen molar-refractivity contribution in [2.24, 2.45) is 5.41 Å². The Morgan fingerprint density at radius 2 is 1.75 bits per heavy atom. The number of aromatic nitrogens is 2. The van der Waals surface area contributed by atoms with Gasteiger partial charge in [-0.05, 0) is 25.7 Å². The average molecular weight is 495 g/mol. The van der Waals surface area contributed by atoms with Crippen LogP contribution in [-0.2, 0) is 16.0 Å². The molecule has 1 aromatic heterocycles. The monoisotopic (exact) mass is 494 g/mol. The lowest BCUT2D eigenvalue weighted by atomic mass is 9.91. The first kappa shape index (κ1) is 27.3. The number of aryl methyl sites for hydroxylation is 1. The maximum absolute atomic E-state index is 13.8. The van der Waals surface area contributed by atoms with Crippen molar-refractivity contribution in [2.45, 2.75) is 66.8 Å². The Morgan fingerprint density at radius 1 is 1.06 bits per heavy atom. The first-order valence-electron chi connectivity index (χ1n) is 12.8. The molecule has 1 atom stereocenters. The van der Waals surface area contributed by atoms with E-state index in [1.54, 1.807) is 11.8 Å². The zero-order valence-electron chi connectivity index (χ0n) is 22.3. The predicted molar refractivity (Wildman–Crippen MR) is 139 cm³/mol. The average Bonchev–Trinajstić information content (AvgIpc) is 2.82. The van der Waals surface area contributed by atoms with Gasteiger partial charge in [-0.25, -0.2) is 14.8 Å². The molecule has 2 amide bonds. The third-order valence-corrected chi connectivity index (χ3v) is 6.10. The zero-order chi connectivity index (χ0) is 26.5. The normalized spacial score (nSPS) is 16.1. The second-order valence-electron chi connectivity index (χ2n) is 10.5. The molecule has 8 heteroatoms. The van der Waals surface area contributed by atoms with Gasteiger partial charge in [0.1, 0.15) is 11.3 Å². The van der Waals surface area contributed by atoms with Crippen molar-refractivity contribution in [3.05, 3.63) is 47.3 Å². The van der Waals surface area contributed by atoms with Gasteiger partial charge in [-0.1, -0.05) is 64.4 Å². The van der Waals surface area contributed by atoms with E-state index < -0.39 is 5.97 Å². The number of amides is 2. The molecule has 0 bridgehead atoms. The van der Waals surface area contributed by atoms with Crippen molar-refractivity contribution in [2.75, 3.05) is 26.2 Å². The zero-order valence-corrected chi connectivity index (χ0v) is 22.3. The number of ether oxygens (including phenoxy) is 1. The van der Waals surface area contributed by atoms with E-state index in [9.17, 15) is 14.4 Å². The van der Waals surface area contributed by atoms with Crippen molar-refractivity contribution >= 4 is 17.8 Å². The summed E-state index contributed by atoms with van der Waals surface area (Å²) in [6.45, 7) is 13.2. The number of carbonyl (C=O) groups is 3. The third-order valence-electron chi connectivity index (χ3n) is 6.10. The molecule has 1 aliphatic rings. The Morgan fingerprint density at radius 3 is 2.33 bits per heavy atom. The van der Waals surface area contributed by atoms with Gasteiger partial charge in [-0.2, -0.15) is 0 Å². The molecule has 2 heterocycles. The Balaban J connectivity index is 1.98. The van der Waals surface area contributed by atoms with Crippen LogP contribution in [-0.4, -0.2) is 69.8 Å². The third kappa shape index (κ3) is 6.47. The smallest absolute Gasteiger partial charge is 0.342 e. The second kappa shape index (κ2) is 11.6. The van der Waals surface area contributed by atoms with Crippen LogP contribution in [0.3, 0.4) is 0 Å². The molecule has 0 saturated carbocycles. The number of benzene rings is 1. The second-order valence-corrected chi connectivity index (χ2v) is 10.5. The Bertz CT molecular complexity index is 1090. The molecule has 0 aliphatic carbocycles. The first-order valence-corrected chi connectivity index (χ1v) is 12.8.